The molecule has 4 aromatic rings. The van der Waals surface area contributed by atoms with E-state index in [1.165, 1.54) is 0 Å². The highest BCUT2D eigenvalue weighted by Crippen LogP contribution is 2.33. The maximum Gasteiger partial charge on any atom is 0.236 e. The van der Waals surface area contributed by atoms with Gasteiger partial charge in [0, 0.05) is 31.4 Å². The lowest BCUT2D eigenvalue weighted by molar-refractivity contribution is 0.0530. The van der Waals surface area contributed by atoms with Crippen LogP contribution in [0.25, 0.3) is 28.1 Å². The number of hydrogen-bond donors (Lipinski definition) is 1. The predicted octanol–water partition coefficient (Wildman–Crippen LogP) is 3.39. The Labute approximate surface area is 190 Å². The Bertz CT molecular complexity index is 1320. The molecular weight excluding hydrogens is 420 g/mol. The minimum atomic E-state index is 0.165. The minimum Gasteiger partial charge on any atom is -0.454 e. The van der Waals surface area contributed by atoms with E-state index in [2.05, 4.69) is 26.9 Å². The Morgan fingerprint density at radius 3 is 2.97 bits per heavy atom. The van der Waals surface area contributed by atoms with Crippen molar-refractivity contribution in [2.24, 2.45) is 11.7 Å². The minimum absolute atomic E-state index is 0.165. The number of morpholine rings is 1. The lowest BCUT2D eigenvalue weighted by Crippen LogP contribution is -2.41. The second-order valence-corrected chi connectivity index (χ2v) is 8.81. The van der Waals surface area contributed by atoms with Crippen LogP contribution in [0, 0.1) is 5.92 Å². The number of aromatic nitrogens is 4. The van der Waals surface area contributed by atoms with Crippen molar-refractivity contribution in [3.8, 4) is 17.3 Å². The second-order valence-electron chi connectivity index (χ2n) is 8.81. The Morgan fingerprint density at radius 2 is 2.12 bits per heavy atom. The van der Waals surface area contributed by atoms with Crippen molar-refractivity contribution >= 4 is 22.4 Å². The topological polar surface area (TPSA) is 104 Å². The summed E-state index contributed by atoms with van der Waals surface area (Å²) in [6.07, 6.45) is 9.46. The fraction of sp³-hybridized carbons (Fsp3) is 0.375. The van der Waals surface area contributed by atoms with Gasteiger partial charge in [0.15, 0.2) is 11.4 Å². The van der Waals surface area contributed by atoms with E-state index in [1.807, 2.05) is 30.3 Å². The van der Waals surface area contributed by atoms with Gasteiger partial charge in [0.1, 0.15) is 17.1 Å². The van der Waals surface area contributed by atoms with Crippen molar-refractivity contribution in [3.63, 3.8) is 0 Å². The first-order chi connectivity index (χ1) is 16.1. The summed E-state index contributed by atoms with van der Waals surface area (Å²) in [5, 5.41) is 5.58. The summed E-state index contributed by atoms with van der Waals surface area (Å²) >= 11 is 0. The quantitative estimate of drug-likeness (QED) is 0.465. The van der Waals surface area contributed by atoms with E-state index >= 15 is 0 Å². The summed E-state index contributed by atoms with van der Waals surface area (Å²) in [6.45, 7) is 4.36. The van der Waals surface area contributed by atoms with E-state index in [-0.39, 0.29) is 6.10 Å². The molecule has 2 N–H and O–H groups in total. The summed E-state index contributed by atoms with van der Waals surface area (Å²) in [6, 6.07) is 7.89. The van der Waals surface area contributed by atoms with Crippen LogP contribution in [-0.4, -0.2) is 51.4 Å². The Kier molecular flexibility index (Phi) is 5.00. The lowest BCUT2D eigenvalue weighted by Gasteiger charge is -2.32. The first kappa shape index (κ1) is 20.2. The fourth-order valence-corrected chi connectivity index (χ4v) is 4.51. The number of rotatable bonds is 5. The molecule has 6 rings (SSSR count). The van der Waals surface area contributed by atoms with Crippen LogP contribution >= 0.6 is 0 Å². The van der Waals surface area contributed by atoms with Crippen molar-refractivity contribution in [1.82, 2.24) is 19.6 Å². The third-order valence-electron chi connectivity index (χ3n) is 6.31. The third-order valence-corrected chi connectivity index (χ3v) is 6.31. The lowest BCUT2D eigenvalue weighted by atomic mass is 9.81. The molecule has 0 amide bonds. The van der Waals surface area contributed by atoms with Crippen molar-refractivity contribution in [2.75, 3.05) is 24.6 Å². The van der Waals surface area contributed by atoms with Gasteiger partial charge >= 0.3 is 0 Å². The molecule has 170 valence electrons. The van der Waals surface area contributed by atoms with Gasteiger partial charge in [-0.2, -0.15) is 0 Å². The SMILES string of the molecule is CC1CN(c2nccc3oc(-c4cnc5ccc(OC=CC6CC(N)C6)nn45)cc23)CCO1. The fourth-order valence-electron chi connectivity index (χ4n) is 4.51. The Balaban J connectivity index is 1.31. The van der Waals surface area contributed by atoms with Gasteiger partial charge in [0.2, 0.25) is 5.88 Å². The van der Waals surface area contributed by atoms with E-state index in [9.17, 15) is 0 Å². The highest BCUT2D eigenvalue weighted by Gasteiger charge is 2.24. The Hall–Kier alpha value is -3.43. The first-order valence-electron chi connectivity index (χ1n) is 11.3. The molecule has 1 aliphatic carbocycles. The van der Waals surface area contributed by atoms with Crippen LogP contribution in [0.2, 0.25) is 0 Å². The molecule has 4 aromatic heterocycles. The molecular formula is C24H26N6O3. The number of pyridine rings is 1. The van der Waals surface area contributed by atoms with Crippen LogP contribution in [0.1, 0.15) is 19.8 Å². The standard InChI is InChI=1S/C24H26N6O3/c1-15-14-29(7-9-31-15)24-18-12-21(33-20(18)4-6-26-24)19-13-27-22-2-3-23(28-30(19)22)32-8-5-16-10-17(25)11-16/h2-6,8,12-13,15-17H,7,9-11,14,25H2,1H3. The second kappa shape index (κ2) is 8.17. The highest BCUT2D eigenvalue weighted by atomic mass is 16.5. The number of nitrogens with two attached hydrogens (primary N) is 1. The van der Waals surface area contributed by atoms with Crippen molar-refractivity contribution in [3.05, 3.63) is 49.0 Å². The van der Waals surface area contributed by atoms with Crippen LogP contribution in [0.5, 0.6) is 5.88 Å². The molecule has 5 heterocycles. The molecule has 1 aliphatic heterocycles. The van der Waals surface area contributed by atoms with E-state index < -0.39 is 0 Å². The number of allylic oxidation sites excluding steroid dienone is 1. The monoisotopic (exact) mass is 446 g/mol. The number of imidazole rings is 1. The number of furan rings is 1. The Morgan fingerprint density at radius 1 is 1.21 bits per heavy atom. The van der Waals surface area contributed by atoms with E-state index in [1.54, 1.807) is 23.2 Å². The molecule has 0 aromatic carbocycles. The average molecular weight is 447 g/mol. The number of hydrogen-bond acceptors (Lipinski definition) is 8. The van der Waals surface area contributed by atoms with Crippen molar-refractivity contribution < 1.29 is 13.9 Å². The van der Waals surface area contributed by atoms with Gasteiger partial charge in [-0.15, -0.1) is 5.10 Å². The average Bonchev–Trinajstić information content (AvgIpc) is 3.41. The maximum absolute atomic E-state index is 6.20. The van der Waals surface area contributed by atoms with Gasteiger partial charge < -0.3 is 24.5 Å². The smallest absolute Gasteiger partial charge is 0.236 e. The molecule has 1 atom stereocenters. The van der Waals surface area contributed by atoms with Gasteiger partial charge in [-0.05, 0) is 50.0 Å². The summed E-state index contributed by atoms with van der Waals surface area (Å²) in [7, 11) is 0. The third kappa shape index (κ3) is 3.83. The van der Waals surface area contributed by atoms with E-state index in [0.29, 0.717) is 35.9 Å². The first-order valence-corrected chi connectivity index (χ1v) is 11.3. The van der Waals surface area contributed by atoms with Gasteiger partial charge in [-0.1, -0.05) is 0 Å². The molecule has 9 nitrogen and oxygen atoms in total. The van der Waals surface area contributed by atoms with Gasteiger partial charge in [0.25, 0.3) is 0 Å². The maximum atomic E-state index is 6.20. The normalized spacial score (nSPS) is 23.5. The van der Waals surface area contributed by atoms with Gasteiger partial charge in [-0.3, -0.25) is 0 Å². The van der Waals surface area contributed by atoms with Crippen molar-refractivity contribution in [2.45, 2.75) is 31.9 Å². The summed E-state index contributed by atoms with van der Waals surface area (Å²) in [5.74, 6) is 2.56. The van der Waals surface area contributed by atoms with Crippen LogP contribution < -0.4 is 15.4 Å². The number of anilines is 1. The van der Waals surface area contributed by atoms with Crippen LogP contribution in [0.15, 0.2) is 53.4 Å². The van der Waals surface area contributed by atoms with E-state index in [4.69, 9.17) is 19.6 Å². The van der Waals surface area contributed by atoms with Gasteiger partial charge in [-0.25, -0.2) is 14.5 Å². The largest absolute Gasteiger partial charge is 0.454 e. The summed E-state index contributed by atoms with van der Waals surface area (Å²) in [4.78, 5) is 11.4. The van der Waals surface area contributed by atoms with E-state index in [0.717, 1.165) is 48.4 Å². The van der Waals surface area contributed by atoms with Crippen LogP contribution in [0.3, 0.4) is 0 Å². The molecule has 1 unspecified atom stereocenters. The molecule has 2 aliphatic rings. The number of nitrogens with zero attached hydrogens (tertiary/aromatic N) is 5. The van der Waals surface area contributed by atoms with Crippen molar-refractivity contribution in [1.29, 1.82) is 0 Å². The molecule has 1 saturated carbocycles. The molecule has 1 saturated heterocycles. The van der Waals surface area contributed by atoms with Crippen LogP contribution in [-0.2, 0) is 4.74 Å². The zero-order valence-electron chi connectivity index (χ0n) is 18.4. The molecule has 9 heteroatoms. The molecule has 0 radical (unpaired) electrons. The van der Waals surface area contributed by atoms with Gasteiger partial charge in [0.05, 0.1) is 30.6 Å². The van der Waals surface area contributed by atoms with Crippen LogP contribution in [0.4, 0.5) is 5.82 Å². The summed E-state index contributed by atoms with van der Waals surface area (Å²) < 4.78 is 19.4. The summed E-state index contributed by atoms with van der Waals surface area (Å²) in [5.41, 5.74) is 8.08. The molecule has 0 bridgehead atoms. The predicted molar refractivity (Wildman–Crippen MR) is 124 cm³/mol. The zero-order chi connectivity index (χ0) is 22.4. The molecule has 33 heavy (non-hydrogen) atoms. The molecule has 2 fully saturated rings. The number of ether oxygens (including phenoxy) is 2. The highest BCUT2D eigenvalue weighted by molar-refractivity contribution is 5.92. The number of fused-ring (bicyclic) bond motifs is 2. The molecule has 0 spiro atoms. The zero-order valence-corrected chi connectivity index (χ0v) is 18.4.